The van der Waals surface area contributed by atoms with Gasteiger partial charge < -0.3 is 9.72 Å². The maximum absolute atomic E-state index is 14.1. The van der Waals surface area contributed by atoms with Crippen LogP contribution in [0, 0.1) is 18.6 Å². The molecular weight excluding hydrogens is 400 g/mol. The molecule has 0 unspecified atom stereocenters. The molecule has 1 aliphatic carbocycles. The maximum Gasteiger partial charge on any atom is 0.229 e. The van der Waals surface area contributed by atoms with E-state index in [1.807, 2.05) is 12.1 Å². The number of aromatic amines is 1. The number of rotatable bonds is 3. The molecule has 0 amide bonds. The molecule has 154 valence electrons. The minimum atomic E-state index is -0.970. The molecule has 0 atom stereocenters. The lowest BCUT2D eigenvalue weighted by atomic mass is 10.1. The number of aromatic nitrogens is 3. The third kappa shape index (κ3) is 3.38. The standard InChI is InChI=1S/C24H17F2N3O2/c1-13-21(9-8-16(25)22(13)26)31-24-15(11-14-5-2-3-6-17(14)29-24)19-12-20(30)23-18(28-19)7-4-10-27-23/h4-12H,2-3H2,1H3,(H,28,30). The smallest absolute Gasteiger partial charge is 0.229 e. The van der Waals surface area contributed by atoms with Crippen molar-refractivity contribution in [1.29, 1.82) is 0 Å². The van der Waals surface area contributed by atoms with Crippen LogP contribution in [0.3, 0.4) is 0 Å². The van der Waals surface area contributed by atoms with Crippen LogP contribution in [0.2, 0.25) is 0 Å². The van der Waals surface area contributed by atoms with Gasteiger partial charge in [0.05, 0.1) is 22.1 Å². The van der Waals surface area contributed by atoms with E-state index < -0.39 is 11.6 Å². The Morgan fingerprint density at radius 3 is 2.81 bits per heavy atom. The first-order valence-corrected chi connectivity index (χ1v) is 9.83. The predicted molar refractivity (Wildman–Crippen MR) is 114 cm³/mol. The molecule has 4 aromatic rings. The van der Waals surface area contributed by atoms with Gasteiger partial charge in [-0.2, -0.15) is 0 Å². The lowest BCUT2D eigenvalue weighted by Crippen LogP contribution is -2.30. The lowest BCUT2D eigenvalue weighted by Gasteiger charge is -2.14. The Balaban J connectivity index is 1.74. The third-order valence-electron chi connectivity index (χ3n) is 5.29. The van der Waals surface area contributed by atoms with E-state index in [0.717, 1.165) is 29.5 Å². The Morgan fingerprint density at radius 2 is 1.94 bits per heavy atom. The summed E-state index contributed by atoms with van der Waals surface area (Å²) in [5.74, 6) is -1.57. The average Bonchev–Trinajstić information content (AvgIpc) is 2.79. The van der Waals surface area contributed by atoms with E-state index in [1.54, 1.807) is 18.3 Å². The molecule has 1 N–H and O–H groups in total. The highest BCUT2D eigenvalue weighted by molar-refractivity contribution is 5.78. The summed E-state index contributed by atoms with van der Waals surface area (Å²) in [4.78, 5) is 24.6. The fourth-order valence-corrected chi connectivity index (χ4v) is 3.66. The van der Waals surface area contributed by atoms with Crippen molar-refractivity contribution in [3.05, 3.63) is 80.6 Å². The molecule has 0 saturated heterocycles. The van der Waals surface area contributed by atoms with Crippen LogP contribution in [0.4, 0.5) is 8.78 Å². The molecule has 1 aliphatic rings. The second-order valence-corrected chi connectivity index (χ2v) is 7.33. The molecule has 0 bridgehead atoms. The number of nitrogens with zero attached hydrogens (tertiary/aromatic N) is 2. The highest BCUT2D eigenvalue weighted by Crippen LogP contribution is 2.32. The Hall–Kier alpha value is -3.87. The molecule has 0 fully saturated rings. The summed E-state index contributed by atoms with van der Waals surface area (Å²) in [6.45, 7) is 1.44. The van der Waals surface area contributed by atoms with Crippen molar-refractivity contribution in [2.45, 2.75) is 19.8 Å². The van der Waals surface area contributed by atoms with Gasteiger partial charge in [-0.25, -0.2) is 13.8 Å². The van der Waals surface area contributed by atoms with Gasteiger partial charge in [-0.15, -0.1) is 0 Å². The van der Waals surface area contributed by atoms with Gasteiger partial charge in [0.1, 0.15) is 11.3 Å². The summed E-state index contributed by atoms with van der Waals surface area (Å²) < 4.78 is 33.6. The molecule has 5 rings (SSSR count). The van der Waals surface area contributed by atoms with Gasteiger partial charge in [0.25, 0.3) is 0 Å². The second-order valence-electron chi connectivity index (χ2n) is 7.33. The first-order valence-electron chi connectivity index (χ1n) is 9.83. The van der Waals surface area contributed by atoms with Crippen LogP contribution in [0.5, 0.6) is 11.6 Å². The Labute approximate surface area is 175 Å². The first kappa shape index (κ1) is 19.1. The van der Waals surface area contributed by atoms with Crippen molar-refractivity contribution >= 4 is 23.2 Å². The number of fused-ring (bicyclic) bond motifs is 2. The zero-order chi connectivity index (χ0) is 21.5. The summed E-state index contributed by atoms with van der Waals surface area (Å²) in [6.07, 6.45) is 7.36. The van der Waals surface area contributed by atoms with Gasteiger partial charge in [-0.1, -0.05) is 12.2 Å². The van der Waals surface area contributed by atoms with Crippen LogP contribution in [0.15, 0.2) is 47.4 Å². The molecule has 3 heterocycles. The highest BCUT2D eigenvalue weighted by Gasteiger charge is 2.17. The molecule has 31 heavy (non-hydrogen) atoms. The van der Waals surface area contributed by atoms with Crippen LogP contribution in [0.1, 0.15) is 18.4 Å². The van der Waals surface area contributed by atoms with Gasteiger partial charge in [-0.3, -0.25) is 9.78 Å². The van der Waals surface area contributed by atoms with E-state index in [2.05, 4.69) is 21.0 Å². The third-order valence-corrected chi connectivity index (χ3v) is 5.29. The van der Waals surface area contributed by atoms with E-state index >= 15 is 0 Å². The van der Waals surface area contributed by atoms with Crippen LogP contribution in [0.25, 0.3) is 34.4 Å². The molecule has 0 aliphatic heterocycles. The zero-order valence-corrected chi connectivity index (χ0v) is 16.6. The Morgan fingerprint density at radius 1 is 1.10 bits per heavy atom. The number of nitrogens with one attached hydrogen (secondary N) is 1. The number of H-pyrrole nitrogens is 1. The van der Waals surface area contributed by atoms with Crippen molar-refractivity contribution in [2.24, 2.45) is 0 Å². The maximum atomic E-state index is 14.1. The molecule has 1 aromatic carbocycles. The van der Waals surface area contributed by atoms with E-state index in [9.17, 15) is 13.6 Å². The van der Waals surface area contributed by atoms with E-state index in [-0.39, 0.29) is 22.6 Å². The molecule has 3 aromatic heterocycles. The zero-order valence-electron chi connectivity index (χ0n) is 16.6. The van der Waals surface area contributed by atoms with Crippen LogP contribution in [-0.4, -0.2) is 15.0 Å². The first-order chi connectivity index (χ1) is 15.0. The van der Waals surface area contributed by atoms with Crippen molar-refractivity contribution in [3.8, 4) is 22.9 Å². The monoisotopic (exact) mass is 417 g/mol. The van der Waals surface area contributed by atoms with Crippen LogP contribution >= 0.6 is 0 Å². The fourth-order valence-electron chi connectivity index (χ4n) is 3.66. The topological polar surface area (TPSA) is 67.9 Å². The number of benzene rings is 1. The van der Waals surface area contributed by atoms with Gasteiger partial charge in [0, 0.05) is 17.8 Å². The molecule has 5 nitrogen and oxygen atoms in total. The number of pyridine rings is 3. The normalized spacial score (nSPS) is 12.7. The van der Waals surface area contributed by atoms with Crippen molar-refractivity contribution in [2.75, 3.05) is 0 Å². The number of halogens is 2. The number of hydrogen-bond donors (Lipinski definition) is 1. The Bertz CT molecular complexity index is 1530. The molecular formula is C24H17F2N3O2. The van der Waals surface area contributed by atoms with E-state index in [1.165, 1.54) is 19.1 Å². The SMILES string of the molecule is Cc1c(Oc2nc3c(cc2-c2cc(=O)c4ncccc4[nH]2)=CCCC=3)ccc(F)c1F. The van der Waals surface area contributed by atoms with Crippen molar-refractivity contribution in [1.82, 2.24) is 15.0 Å². The lowest BCUT2D eigenvalue weighted by molar-refractivity contribution is 0.441. The minimum Gasteiger partial charge on any atom is -0.438 e. The van der Waals surface area contributed by atoms with Crippen LogP contribution < -0.4 is 20.7 Å². The Kier molecular flexibility index (Phi) is 4.58. The summed E-state index contributed by atoms with van der Waals surface area (Å²) in [7, 11) is 0. The van der Waals surface area contributed by atoms with Gasteiger partial charge in [-0.05, 0) is 55.3 Å². The van der Waals surface area contributed by atoms with Crippen LogP contribution in [-0.2, 0) is 0 Å². The molecule has 0 radical (unpaired) electrons. The molecule has 0 saturated carbocycles. The summed E-state index contributed by atoms with van der Waals surface area (Å²) in [6, 6.07) is 9.20. The van der Waals surface area contributed by atoms with Gasteiger partial charge in [0.15, 0.2) is 11.6 Å². The molecule has 7 heteroatoms. The quantitative estimate of drug-likeness (QED) is 0.552. The average molecular weight is 417 g/mol. The highest BCUT2D eigenvalue weighted by atomic mass is 19.2. The van der Waals surface area contributed by atoms with Crippen molar-refractivity contribution < 1.29 is 13.5 Å². The summed E-state index contributed by atoms with van der Waals surface area (Å²) in [5, 5.41) is 1.66. The number of ether oxygens (including phenoxy) is 1. The number of hydrogen-bond acceptors (Lipinski definition) is 4. The minimum absolute atomic E-state index is 0.0391. The largest absolute Gasteiger partial charge is 0.438 e. The van der Waals surface area contributed by atoms with Gasteiger partial charge >= 0.3 is 0 Å². The fraction of sp³-hybridized carbons (Fsp3) is 0.125. The van der Waals surface area contributed by atoms with E-state index in [0.29, 0.717) is 22.3 Å². The van der Waals surface area contributed by atoms with Crippen molar-refractivity contribution in [3.63, 3.8) is 0 Å². The summed E-state index contributed by atoms with van der Waals surface area (Å²) in [5.41, 5.74) is 1.74. The van der Waals surface area contributed by atoms with E-state index in [4.69, 9.17) is 4.74 Å². The molecule has 0 spiro atoms. The predicted octanol–water partition coefficient (Wildman–Crippen LogP) is 3.72. The second kappa shape index (κ2) is 7.43. The van der Waals surface area contributed by atoms with Gasteiger partial charge in [0.2, 0.25) is 11.3 Å². The summed E-state index contributed by atoms with van der Waals surface area (Å²) >= 11 is 0.